The van der Waals surface area contributed by atoms with Gasteiger partial charge in [0.05, 0.1) is 18.7 Å². The molecule has 1 atom stereocenters. The smallest absolute Gasteiger partial charge is 0.256 e. The Morgan fingerprint density at radius 2 is 1.80 bits per heavy atom. The summed E-state index contributed by atoms with van der Waals surface area (Å²) in [6.07, 6.45) is 0.482. The first-order valence-electron chi connectivity index (χ1n) is 11.4. The number of rotatable bonds is 9. The van der Waals surface area contributed by atoms with Gasteiger partial charge in [0.2, 0.25) is 5.91 Å². The number of carbonyl (C=O) groups is 2. The first kappa shape index (κ1) is 24.3. The first-order chi connectivity index (χ1) is 17.0. The number of halogens is 1. The number of carbonyl (C=O) groups excluding carboxylic acids is 2. The molecule has 8 heteroatoms. The van der Waals surface area contributed by atoms with Crippen molar-refractivity contribution in [2.24, 2.45) is 0 Å². The Labute approximate surface area is 209 Å². The Kier molecular flexibility index (Phi) is 7.72. The summed E-state index contributed by atoms with van der Waals surface area (Å²) in [5.74, 6) is -0.210. The van der Waals surface area contributed by atoms with E-state index in [9.17, 15) is 14.0 Å². The van der Waals surface area contributed by atoms with Gasteiger partial charge in [0.25, 0.3) is 5.91 Å². The number of nitrogens with zero attached hydrogens (tertiary/aromatic N) is 2. The van der Waals surface area contributed by atoms with Crippen molar-refractivity contribution in [2.45, 2.75) is 25.8 Å². The second-order valence-electron chi connectivity index (χ2n) is 8.09. The Morgan fingerprint density at radius 1 is 1.06 bits per heavy atom. The van der Waals surface area contributed by atoms with Gasteiger partial charge in [0.1, 0.15) is 17.6 Å². The van der Waals surface area contributed by atoms with Crippen LogP contribution in [0.2, 0.25) is 0 Å². The molecular weight excluding hydrogens is 465 g/mol. The summed E-state index contributed by atoms with van der Waals surface area (Å²) in [7, 11) is 0. The number of para-hydroxylation sites is 1. The van der Waals surface area contributed by atoms with Crippen LogP contribution in [0.25, 0.3) is 0 Å². The number of hydrogen-bond donors (Lipinski definition) is 1. The highest BCUT2D eigenvalue weighted by atomic mass is 32.1. The lowest BCUT2D eigenvalue weighted by molar-refractivity contribution is -0.124. The van der Waals surface area contributed by atoms with E-state index in [0.29, 0.717) is 41.8 Å². The zero-order valence-electron chi connectivity index (χ0n) is 19.3. The average molecular weight is 492 g/mol. The molecule has 1 saturated heterocycles. The molecule has 0 bridgehead atoms. The summed E-state index contributed by atoms with van der Waals surface area (Å²) in [4.78, 5) is 29.7. The number of ether oxygens (including phenoxy) is 1. The van der Waals surface area contributed by atoms with E-state index in [4.69, 9.17) is 17.0 Å². The predicted molar refractivity (Wildman–Crippen MR) is 138 cm³/mol. The van der Waals surface area contributed by atoms with E-state index in [0.717, 1.165) is 5.56 Å². The van der Waals surface area contributed by atoms with Crippen LogP contribution in [0.4, 0.5) is 15.8 Å². The van der Waals surface area contributed by atoms with E-state index >= 15 is 0 Å². The number of benzene rings is 3. The zero-order chi connectivity index (χ0) is 24.8. The van der Waals surface area contributed by atoms with Gasteiger partial charge in [-0.1, -0.05) is 36.4 Å². The van der Waals surface area contributed by atoms with Crippen molar-refractivity contribution in [1.29, 1.82) is 0 Å². The molecule has 1 aliphatic heterocycles. The molecule has 0 saturated carbocycles. The summed E-state index contributed by atoms with van der Waals surface area (Å²) < 4.78 is 18.8. The van der Waals surface area contributed by atoms with Gasteiger partial charge in [-0.3, -0.25) is 14.5 Å². The minimum absolute atomic E-state index is 0.0649. The summed E-state index contributed by atoms with van der Waals surface area (Å²) >= 11 is 5.69. The number of anilines is 2. The molecule has 0 unspecified atom stereocenters. The second kappa shape index (κ2) is 11.1. The SMILES string of the molecule is CCOc1cccc(NC(=O)C[C@H]2C(=O)N(c3ccccc3)C(=S)N2CCc2ccc(F)cc2)c1. The molecule has 0 aliphatic carbocycles. The molecule has 2 amide bonds. The molecule has 1 aliphatic rings. The van der Waals surface area contributed by atoms with Gasteiger partial charge in [0.15, 0.2) is 5.11 Å². The number of hydrogen-bond acceptors (Lipinski definition) is 4. The molecule has 3 aromatic rings. The van der Waals surface area contributed by atoms with Gasteiger partial charge in [0, 0.05) is 18.3 Å². The minimum atomic E-state index is -0.752. The third kappa shape index (κ3) is 5.84. The fourth-order valence-electron chi connectivity index (χ4n) is 4.02. The maximum Gasteiger partial charge on any atom is 0.256 e. The third-order valence-corrected chi connectivity index (χ3v) is 6.11. The molecule has 0 radical (unpaired) electrons. The molecule has 3 aromatic carbocycles. The number of amides is 2. The lowest BCUT2D eigenvalue weighted by atomic mass is 10.1. The van der Waals surface area contributed by atoms with E-state index in [-0.39, 0.29) is 24.1 Å². The highest BCUT2D eigenvalue weighted by molar-refractivity contribution is 7.80. The van der Waals surface area contributed by atoms with E-state index in [1.54, 1.807) is 35.2 Å². The van der Waals surface area contributed by atoms with Gasteiger partial charge in [-0.2, -0.15) is 0 Å². The van der Waals surface area contributed by atoms with Crippen molar-refractivity contribution < 1.29 is 18.7 Å². The Bertz CT molecular complexity index is 1200. The maximum atomic E-state index is 13.5. The Balaban J connectivity index is 1.52. The molecule has 1 N–H and O–H groups in total. The molecular formula is C27H26FN3O3S. The van der Waals surface area contributed by atoms with Gasteiger partial charge in [-0.25, -0.2) is 4.39 Å². The molecule has 1 heterocycles. The first-order valence-corrected chi connectivity index (χ1v) is 11.8. The maximum absolute atomic E-state index is 13.5. The fourth-order valence-corrected chi connectivity index (χ4v) is 4.43. The average Bonchev–Trinajstić information content (AvgIpc) is 3.08. The van der Waals surface area contributed by atoms with Crippen LogP contribution in [-0.2, 0) is 16.0 Å². The molecule has 0 spiro atoms. The van der Waals surface area contributed by atoms with E-state index < -0.39 is 6.04 Å². The van der Waals surface area contributed by atoms with Crippen LogP contribution >= 0.6 is 12.2 Å². The van der Waals surface area contributed by atoms with Crippen molar-refractivity contribution in [1.82, 2.24) is 4.90 Å². The number of thiocarbonyl (C=S) groups is 1. The van der Waals surface area contributed by atoms with Crippen molar-refractivity contribution >= 4 is 40.5 Å². The normalized spacial score (nSPS) is 15.4. The van der Waals surface area contributed by atoms with Crippen LogP contribution in [0.3, 0.4) is 0 Å². The van der Waals surface area contributed by atoms with E-state index in [1.807, 2.05) is 43.3 Å². The monoisotopic (exact) mass is 491 g/mol. The third-order valence-electron chi connectivity index (χ3n) is 5.70. The summed E-state index contributed by atoms with van der Waals surface area (Å²) in [6.45, 7) is 2.82. The molecule has 180 valence electrons. The Morgan fingerprint density at radius 3 is 2.51 bits per heavy atom. The Hall–Kier alpha value is -3.78. The zero-order valence-corrected chi connectivity index (χ0v) is 20.1. The van der Waals surface area contributed by atoms with Crippen molar-refractivity contribution in [3.05, 3.63) is 90.2 Å². The van der Waals surface area contributed by atoms with Gasteiger partial charge >= 0.3 is 0 Å². The quantitative estimate of drug-likeness (QED) is 0.436. The summed E-state index contributed by atoms with van der Waals surface area (Å²) in [6, 6.07) is 21.7. The molecule has 1 fully saturated rings. The van der Waals surface area contributed by atoms with Crippen LogP contribution in [0.5, 0.6) is 5.75 Å². The van der Waals surface area contributed by atoms with E-state index in [2.05, 4.69) is 5.32 Å². The van der Waals surface area contributed by atoms with Crippen LogP contribution < -0.4 is 15.0 Å². The van der Waals surface area contributed by atoms with Crippen molar-refractivity contribution in [2.75, 3.05) is 23.4 Å². The lowest BCUT2D eigenvalue weighted by Gasteiger charge is -2.24. The summed E-state index contributed by atoms with van der Waals surface area (Å²) in [5, 5.41) is 3.20. The fraction of sp³-hybridized carbons (Fsp3) is 0.222. The summed E-state index contributed by atoms with van der Waals surface area (Å²) in [5.41, 5.74) is 2.16. The van der Waals surface area contributed by atoms with Gasteiger partial charge in [-0.05, 0) is 67.5 Å². The van der Waals surface area contributed by atoms with E-state index in [1.165, 1.54) is 17.0 Å². The number of nitrogens with one attached hydrogen (secondary N) is 1. The topological polar surface area (TPSA) is 61.9 Å². The van der Waals surface area contributed by atoms with Gasteiger partial charge in [-0.15, -0.1) is 0 Å². The van der Waals surface area contributed by atoms with Crippen molar-refractivity contribution in [3.8, 4) is 5.75 Å². The van der Waals surface area contributed by atoms with Crippen LogP contribution in [-0.4, -0.2) is 41.0 Å². The minimum Gasteiger partial charge on any atom is -0.494 e. The molecule has 6 nitrogen and oxygen atoms in total. The highest BCUT2D eigenvalue weighted by Crippen LogP contribution is 2.28. The molecule has 0 aromatic heterocycles. The molecule has 35 heavy (non-hydrogen) atoms. The van der Waals surface area contributed by atoms with Gasteiger partial charge < -0.3 is 15.0 Å². The van der Waals surface area contributed by atoms with Crippen LogP contribution in [0.1, 0.15) is 18.9 Å². The van der Waals surface area contributed by atoms with Crippen molar-refractivity contribution in [3.63, 3.8) is 0 Å². The molecule has 4 rings (SSSR count). The highest BCUT2D eigenvalue weighted by Gasteiger charge is 2.43. The lowest BCUT2D eigenvalue weighted by Crippen LogP contribution is -2.39. The van der Waals surface area contributed by atoms with Crippen LogP contribution in [0.15, 0.2) is 78.9 Å². The predicted octanol–water partition coefficient (Wildman–Crippen LogP) is 4.80. The van der Waals surface area contributed by atoms with Crippen LogP contribution in [0, 0.1) is 5.82 Å². The second-order valence-corrected chi connectivity index (χ2v) is 8.46. The largest absolute Gasteiger partial charge is 0.494 e. The standard InChI is InChI=1S/C27H26FN3O3S/c1-2-34-23-10-6-7-21(17-23)29-25(32)18-24-26(33)31(22-8-4-3-5-9-22)27(35)30(24)16-15-19-11-13-20(28)14-12-19/h3-14,17,24H,2,15-16,18H2,1H3,(H,29,32)/t24-/m0/s1.